The van der Waals surface area contributed by atoms with Crippen molar-refractivity contribution in [3.63, 3.8) is 0 Å². The summed E-state index contributed by atoms with van der Waals surface area (Å²) >= 11 is 0. The molecule has 0 bridgehead atoms. The molecule has 29 heavy (non-hydrogen) atoms. The minimum absolute atomic E-state index is 0.0188. The summed E-state index contributed by atoms with van der Waals surface area (Å²) in [6, 6.07) is 20.9. The number of carbonyl (C=O) groups excluding carboxylic acids is 1. The Balaban J connectivity index is 1.41. The first kappa shape index (κ1) is 20.1. The molecule has 6 nitrogen and oxygen atoms in total. The fraction of sp³-hybridized carbons (Fsp3) is 0.409. The number of nitrogens with zero attached hydrogens (tertiary/aromatic N) is 3. The van der Waals surface area contributed by atoms with E-state index in [2.05, 4.69) is 53.4 Å². The number of rotatable bonds is 5. The number of benzene rings is 2. The molecule has 2 heterocycles. The van der Waals surface area contributed by atoms with Gasteiger partial charge in [0.05, 0.1) is 18.2 Å². The highest BCUT2D eigenvalue weighted by atomic mass is 32.2. The summed E-state index contributed by atoms with van der Waals surface area (Å²) in [5.74, 6) is 0.129. The van der Waals surface area contributed by atoms with Crippen LogP contribution in [0.4, 0.5) is 0 Å². The molecule has 2 saturated heterocycles. The summed E-state index contributed by atoms with van der Waals surface area (Å²) in [5, 5.41) is 0. The maximum absolute atomic E-state index is 12.9. The molecule has 4 rings (SSSR count). The molecule has 0 aliphatic carbocycles. The molecule has 0 radical (unpaired) electrons. The zero-order chi connectivity index (χ0) is 20.4. The number of carbonyl (C=O) groups is 1. The van der Waals surface area contributed by atoms with Crippen LogP contribution in [0.25, 0.3) is 0 Å². The summed E-state index contributed by atoms with van der Waals surface area (Å²) in [5.41, 5.74) is 2.46. The highest BCUT2D eigenvalue weighted by molar-refractivity contribution is 7.88. The second-order valence-corrected chi connectivity index (χ2v) is 9.84. The Labute approximate surface area is 172 Å². The number of likely N-dealkylation sites (tertiary alicyclic amines) is 1. The number of amides is 1. The molecule has 2 aliphatic rings. The SMILES string of the molecule is CS(=O)(=O)N1CCN(C(=O)C2CN(C(c3ccccc3)c3ccccc3)C2)CC1. The molecule has 7 heteroatoms. The molecule has 0 saturated carbocycles. The van der Waals surface area contributed by atoms with E-state index >= 15 is 0 Å². The van der Waals surface area contributed by atoms with Crippen LogP contribution in [0.5, 0.6) is 0 Å². The molecular weight excluding hydrogens is 386 g/mol. The van der Waals surface area contributed by atoms with Gasteiger partial charge in [-0.1, -0.05) is 60.7 Å². The van der Waals surface area contributed by atoms with Gasteiger partial charge >= 0.3 is 0 Å². The van der Waals surface area contributed by atoms with Crippen LogP contribution < -0.4 is 0 Å². The third-order valence-corrected chi connectivity index (χ3v) is 7.18. The smallest absolute Gasteiger partial charge is 0.228 e. The van der Waals surface area contributed by atoms with Crippen molar-refractivity contribution >= 4 is 15.9 Å². The maximum atomic E-state index is 12.9. The van der Waals surface area contributed by atoms with Crippen molar-refractivity contribution in [1.29, 1.82) is 0 Å². The summed E-state index contributed by atoms with van der Waals surface area (Å²) < 4.78 is 24.8. The molecule has 2 aromatic rings. The van der Waals surface area contributed by atoms with E-state index in [1.54, 1.807) is 0 Å². The normalized spacial score (nSPS) is 19.3. The van der Waals surface area contributed by atoms with Crippen LogP contribution in [0.15, 0.2) is 60.7 Å². The lowest BCUT2D eigenvalue weighted by atomic mass is 9.89. The summed E-state index contributed by atoms with van der Waals surface area (Å²) in [4.78, 5) is 17.1. The van der Waals surface area contributed by atoms with E-state index in [0.29, 0.717) is 26.2 Å². The molecule has 2 aromatic carbocycles. The van der Waals surface area contributed by atoms with Gasteiger partial charge in [-0.3, -0.25) is 9.69 Å². The maximum Gasteiger partial charge on any atom is 0.228 e. The number of piperazine rings is 1. The van der Waals surface area contributed by atoms with Crippen molar-refractivity contribution in [3.05, 3.63) is 71.8 Å². The highest BCUT2D eigenvalue weighted by Gasteiger charge is 2.40. The second kappa shape index (κ2) is 8.26. The Kier molecular flexibility index (Phi) is 5.72. The zero-order valence-corrected chi connectivity index (χ0v) is 17.5. The molecule has 0 aromatic heterocycles. The molecular formula is C22H27N3O3S. The molecule has 154 valence electrons. The van der Waals surface area contributed by atoms with E-state index in [0.717, 1.165) is 13.1 Å². The van der Waals surface area contributed by atoms with Crippen molar-refractivity contribution in [2.24, 2.45) is 5.92 Å². The van der Waals surface area contributed by atoms with E-state index in [4.69, 9.17) is 0 Å². The number of hydrogen-bond donors (Lipinski definition) is 0. The number of sulfonamides is 1. The lowest BCUT2D eigenvalue weighted by Gasteiger charge is -2.46. The van der Waals surface area contributed by atoms with Crippen LogP contribution in [-0.4, -0.2) is 74.0 Å². The minimum Gasteiger partial charge on any atom is -0.340 e. The minimum atomic E-state index is -3.18. The zero-order valence-electron chi connectivity index (χ0n) is 16.6. The molecule has 0 spiro atoms. The first-order chi connectivity index (χ1) is 13.9. The van der Waals surface area contributed by atoms with E-state index in [1.807, 2.05) is 17.0 Å². The van der Waals surface area contributed by atoms with E-state index in [-0.39, 0.29) is 17.9 Å². The monoisotopic (exact) mass is 413 g/mol. The van der Waals surface area contributed by atoms with Crippen LogP contribution in [0.1, 0.15) is 17.2 Å². The van der Waals surface area contributed by atoms with Gasteiger partial charge in [0.25, 0.3) is 0 Å². The fourth-order valence-corrected chi connectivity index (χ4v) is 5.09. The van der Waals surface area contributed by atoms with Gasteiger partial charge in [-0.15, -0.1) is 0 Å². The average Bonchev–Trinajstić information content (AvgIpc) is 2.70. The largest absolute Gasteiger partial charge is 0.340 e. The van der Waals surface area contributed by atoms with Crippen molar-refractivity contribution in [1.82, 2.24) is 14.1 Å². The Bertz CT molecular complexity index is 896. The van der Waals surface area contributed by atoms with E-state index in [9.17, 15) is 13.2 Å². The first-order valence-electron chi connectivity index (χ1n) is 10.0. The topological polar surface area (TPSA) is 60.9 Å². The van der Waals surface area contributed by atoms with Gasteiger partial charge in [-0.05, 0) is 11.1 Å². The van der Waals surface area contributed by atoms with Crippen molar-refractivity contribution in [3.8, 4) is 0 Å². The first-order valence-corrected chi connectivity index (χ1v) is 11.9. The molecule has 2 aliphatic heterocycles. The van der Waals surface area contributed by atoms with Crippen molar-refractivity contribution in [2.75, 3.05) is 45.5 Å². The summed E-state index contributed by atoms with van der Waals surface area (Å²) in [6.45, 7) is 3.17. The van der Waals surface area contributed by atoms with Gasteiger partial charge in [0.2, 0.25) is 15.9 Å². The highest BCUT2D eigenvalue weighted by Crippen LogP contribution is 2.34. The van der Waals surface area contributed by atoms with Crippen LogP contribution in [0.2, 0.25) is 0 Å². The van der Waals surface area contributed by atoms with Crippen LogP contribution in [-0.2, 0) is 14.8 Å². The second-order valence-electron chi connectivity index (χ2n) is 7.86. The molecule has 0 atom stereocenters. The van der Waals surface area contributed by atoms with Gasteiger partial charge in [0, 0.05) is 39.3 Å². The molecule has 0 N–H and O–H groups in total. The standard InChI is InChI=1S/C22H27N3O3S/c1-29(27,28)25-14-12-23(13-15-25)22(26)20-16-24(17-20)21(18-8-4-2-5-9-18)19-10-6-3-7-11-19/h2-11,20-21H,12-17H2,1H3. The third kappa shape index (κ3) is 4.37. The van der Waals surface area contributed by atoms with E-state index in [1.165, 1.54) is 21.7 Å². The van der Waals surface area contributed by atoms with Gasteiger partial charge in [0.15, 0.2) is 0 Å². The van der Waals surface area contributed by atoms with Crippen LogP contribution >= 0.6 is 0 Å². The molecule has 1 amide bonds. The molecule has 2 fully saturated rings. The lowest BCUT2D eigenvalue weighted by Crippen LogP contribution is -2.58. The quantitative estimate of drug-likeness (QED) is 0.750. The Morgan fingerprint density at radius 2 is 1.34 bits per heavy atom. The van der Waals surface area contributed by atoms with E-state index < -0.39 is 10.0 Å². The average molecular weight is 414 g/mol. The summed E-state index contributed by atoms with van der Waals surface area (Å²) in [7, 11) is -3.18. The Morgan fingerprint density at radius 1 is 0.862 bits per heavy atom. The van der Waals surface area contributed by atoms with Gasteiger partial charge < -0.3 is 4.90 Å². The van der Waals surface area contributed by atoms with Gasteiger partial charge in [-0.2, -0.15) is 4.31 Å². The fourth-order valence-electron chi connectivity index (χ4n) is 4.26. The van der Waals surface area contributed by atoms with Crippen molar-refractivity contribution in [2.45, 2.75) is 6.04 Å². The predicted octanol–water partition coefficient (Wildman–Crippen LogP) is 1.81. The summed E-state index contributed by atoms with van der Waals surface area (Å²) in [6.07, 6.45) is 1.22. The predicted molar refractivity (Wildman–Crippen MR) is 113 cm³/mol. The van der Waals surface area contributed by atoms with Gasteiger partial charge in [-0.25, -0.2) is 8.42 Å². The Morgan fingerprint density at radius 3 is 1.79 bits per heavy atom. The van der Waals surface area contributed by atoms with Crippen LogP contribution in [0.3, 0.4) is 0 Å². The lowest BCUT2D eigenvalue weighted by molar-refractivity contribution is -0.143. The van der Waals surface area contributed by atoms with Crippen molar-refractivity contribution < 1.29 is 13.2 Å². The van der Waals surface area contributed by atoms with Crippen LogP contribution in [0, 0.1) is 5.92 Å². The third-order valence-electron chi connectivity index (χ3n) is 5.87. The molecule has 0 unspecified atom stereocenters. The van der Waals surface area contributed by atoms with Gasteiger partial charge in [0.1, 0.15) is 0 Å². The Hall–Kier alpha value is -2.22. The number of hydrogen-bond acceptors (Lipinski definition) is 4.